The van der Waals surface area contributed by atoms with Gasteiger partial charge in [0.1, 0.15) is 17.2 Å². The molecule has 202 valence electrons. The molecule has 3 aromatic rings. The average molecular weight is 514 g/mol. The number of hydrogen-bond acceptors (Lipinski definition) is 4. The van der Waals surface area contributed by atoms with Crippen LogP contribution in [-0.4, -0.2) is 42.9 Å². The van der Waals surface area contributed by atoms with Gasteiger partial charge in [0.15, 0.2) is 0 Å². The second-order valence-corrected chi connectivity index (χ2v) is 11.0. The van der Waals surface area contributed by atoms with E-state index in [4.69, 9.17) is 9.47 Å². The van der Waals surface area contributed by atoms with Gasteiger partial charge >= 0.3 is 0 Å². The predicted octanol–water partition coefficient (Wildman–Crippen LogP) is 7.91. The van der Waals surface area contributed by atoms with Crippen LogP contribution in [0.2, 0.25) is 0 Å². The first kappa shape index (κ1) is 26.6. The molecule has 4 heteroatoms. The monoisotopic (exact) mass is 513 g/mol. The Hall–Kier alpha value is -2.98. The van der Waals surface area contributed by atoms with Crippen LogP contribution in [0.15, 0.2) is 72.8 Å². The molecule has 1 fully saturated rings. The molecule has 0 aromatic heterocycles. The zero-order chi connectivity index (χ0) is 26.0. The number of phenols is 1. The quantitative estimate of drug-likeness (QED) is 0.236. The average Bonchev–Trinajstić information content (AvgIpc) is 3.48. The lowest BCUT2D eigenvalue weighted by atomic mass is 9.76. The van der Waals surface area contributed by atoms with Crippen molar-refractivity contribution in [1.29, 1.82) is 0 Å². The minimum absolute atomic E-state index is 0.109. The fourth-order valence-corrected chi connectivity index (χ4v) is 6.09. The number of ether oxygens (including phenoxy) is 2. The molecule has 0 amide bonds. The maximum absolute atomic E-state index is 10.2. The van der Waals surface area contributed by atoms with Gasteiger partial charge in [-0.05, 0) is 86.8 Å². The fraction of sp³-hybridized carbons (Fsp3) is 0.471. The first-order valence-corrected chi connectivity index (χ1v) is 14.7. The van der Waals surface area contributed by atoms with E-state index in [0.29, 0.717) is 6.61 Å². The van der Waals surface area contributed by atoms with Crippen LogP contribution in [0.3, 0.4) is 0 Å². The SMILES string of the molecule is Oc1ccc2c(c1)C(c1ccc(OCCCCCCCCCN3CCCC3)cc1)[C@@H](c1ccccc1)CO2. The molecule has 1 unspecified atom stereocenters. The summed E-state index contributed by atoms with van der Waals surface area (Å²) in [4.78, 5) is 2.62. The Morgan fingerprint density at radius 3 is 2.24 bits per heavy atom. The van der Waals surface area contributed by atoms with Gasteiger partial charge in [-0.25, -0.2) is 0 Å². The highest BCUT2D eigenvalue weighted by Crippen LogP contribution is 2.47. The van der Waals surface area contributed by atoms with E-state index in [1.54, 1.807) is 6.07 Å². The van der Waals surface area contributed by atoms with Gasteiger partial charge in [0.25, 0.3) is 0 Å². The Morgan fingerprint density at radius 1 is 0.763 bits per heavy atom. The summed E-state index contributed by atoms with van der Waals surface area (Å²) in [5.74, 6) is 2.34. The van der Waals surface area contributed by atoms with Gasteiger partial charge in [0.2, 0.25) is 0 Å². The van der Waals surface area contributed by atoms with Crippen LogP contribution in [0.1, 0.15) is 86.3 Å². The zero-order valence-corrected chi connectivity index (χ0v) is 22.7. The van der Waals surface area contributed by atoms with E-state index < -0.39 is 0 Å². The maximum Gasteiger partial charge on any atom is 0.123 e. The largest absolute Gasteiger partial charge is 0.508 e. The highest BCUT2D eigenvalue weighted by Gasteiger charge is 2.33. The molecule has 38 heavy (non-hydrogen) atoms. The molecule has 1 N–H and O–H groups in total. The molecule has 0 radical (unpaired) electrons. The van der Waals surface area contributed by atoms with Gasteiger partial charge in [0.05, 0.1) is 13.2 Å². The van der Waals surface area contributed by atoms with Crippen LogP contribution in [0.25, 0.3) is 0 Å². The van der Waals surface area contributed by atoms with E-state index in [1.807, 2.05) is 18.2 Å². The number of hydrogen-bond donors (Lipinski definition) is 1. The molecule has 0 aliphatic carbocycles. The van der Waals surface area contributed by atoms with Crippen LogP contribution < -0.4 is 9.47 Å². The topological polar surface area (TPSA) is 41.9 Å². The van der Waals surface area contributed by atoms with E-state index in [9.17, 15) is 5.11 Å². The van der Waals surface area contributed by atoms with Gasteiger partial charge < -0.3 is 19.5 Å². The van der Waals surface area contributed by atoms with Gasteiger partial charge in [-0.2, -0.15) is 0 Å². The smallest absolute Gasteiger partial charge is 0.123 e. The van der Waals surface area contributed by atoms with Gasteiger partial charge in [-0.15, -0.1) is 0 Å². The number of aromatic hydroxyl groups is 1. The Labute approximate surface area is 228 Å². The van der Waals surface area contributed by atoms with Crippen molar-refractivity contribution in [2.75, 3.05) is 32.8 Å². The van der Waals surface area contributed by atoms with Crippen LogP contribution >= 0.6 is 0 Å². The third-order valence-corrected chi connectivity index (χ3v) is 8.20. The molecule has 2 aliphatic rings. The van der Waals surface area contributed by atoms with Crippen molar-refractivity contribution >= 4 is 0 Å². The van der Waals surface area contributed by atoms with Crippen LogP contribution in [0.5, 0.6) is 17.2 Å². The van der Waals surface area contributed by atoms with E-state index in [2.05, 4.69) is 53.4 Å². The first-order valence-electron chi connectivity index (χ1n) is 14.7. The molecule has 0 spiro atoms. The maximum atomic E-state index is 10.2. The molecule has 0 saturated carbocycles. The van der Waals surface area contributed by atoms with Crippen molar-refractivity contribution in [1.82, 2.24) is 4.90 Å². The molecule has 2 heterocycles. The van der Waals surface area contributed by atoms with Crippen molar-refractivity contribution in [2.45, 2.75) is 69.6 Å². The second kappa shape index (κ2) is 13.7. The zero-order valence-electron chi connectivity index (χ0n) is 22.7. The van der Waals surface area contributed by atoms with Crippen LogP contribution in [0, 0.1) is 0 Å². The number of fused-ring (bicyclic) bond motifs is 1. The Bertz CT molecular complexity index is 1110. The number of nitrogens with zero attached hydrogens (tertiary/aromatic N) is 1. The highest BCUT2D eigenvalue weighted by molar-refractivity contribution is 5.51. The summed E-state index contributed by atoms with van der Waals surface area (Å²) in [5, 5.41) is 10.2. The van der Waals surface area contributed by atoms with Gasteiger partial charge in [0, 0.05) is 17.4 Å². The summed E-state index contributed by atoms with van der Waals surface area (Å²) in [7, 11) is 0. The lowest BCUT2D eigenvalue weighted by molar-refractivity contribution is 0.248. The minimum Gasteiger partial charge on any atom is -0.508 e. The Kier molecular flexibility index (Phi) is 9.60. The molecule has 5 rings (SSSR count). The summed E-state index contributed by atoms with van der Waals surface area (Å²) in [6, 6.07) is 24.5. The van der Waals surface area contributed by atoms with Gasteiger partial charge in [-0.3, -0.25) is 0 Å². The summed E-state index contributed by atoms with van der Waals surface area (Å²) in [5.41, 5.74) is 3.50. The molecule has 2 aliphatic heterocycles. The first-order chi connectivity index (χ1) is 18.8. The minimum atomic E-state index is 0.109. The number of benzene rings is 3. The number of likely N-dealkylation sites (tertiary alicyclic amines) is 1. The van der Waals surface area contributed by atoms with Crippen molar-refractivity contribution in [3.05, 3.63) is 89.5 Å². The van der Waals surface area contributed by atoms with Crippen molar-refractivity contribution < 1.29 is 14.6 Å². The normalized spacial score (nSPS) is 19.2. The molecular formula is C34H43NO3. The molecule has 4 nitrogen and oxygen atoms in total. The van der Waals surface area contributed by atoms with Crippen LogP contribution in [-0.2, 0) is 0 Å². The molecule has 0 bridgehead atoms. The highest BCUT2D eigenvalue weighted by atomic mass is 16.5. The molecule has 1 saturated heterocycles. The molecule has 2 atom stereocenters. The summed E-state index contributed by atoms with van der Waals surface area (Å²) >= 11 is 0. The Balaban J connectivity index is 1.09. The number of rotatable bonds is 13. The predicted molar refractivity (Wildman–Crippen MR) is 155 cm³/mol. The van der Waals surface area contributed by atoms with Crippen molar-refractivity contribution in [3.8, 4) is 17.2 Å². The summed E-state index contributed by atoms with van der Waals surface area (Å²) in [6.45, 7) is 5.34. The van der Waals surface area contributed by atoms with Crippen molar-refractivity contribution in [2.24, 2.45) is 0 Å². The lowest BCUT2D eigenvalue weighted by Crippen LogP contribution is -2.25. The van der Waals surface area contributed by atoms with Gasteiger partial charge in [-0.1, -0.05) is 74.6 Å². The lowest BCUT2D eigenvalue weighted by Gasteiger charge is -2.34. The summed E-state index contributed by atoms with van der Waals surface area (Å²) < 4.78 is 12.2. The summed E-state index contributed by atoms with van der Waals surface area (Å²) in [6.07, 6.45) is 11.9. The second-order valence-electron chi connectivity index (χ2n) is 11.0. The fourth-order valence-electron chi connectivity index (χ4n) is 6.09. The third-order valence-electron chi connectivity index (χ3n) is 8.20. The van der Waals surface area contributed by atoms with E-state index in [1.165, 1.54) is 82.1 Å². The number of unbranched alkanes of at least 4 members (excludes halogenated alkanes) is 6. The van der Waals surface area contributed by atoms with Crippen molar-refractivity contribution in [3.63, 3.8) is 0 Å². The third kappa shape index (κ3) is 7.11. The Morgan fingerprint density at radius 2 is 1.47 bits per heavy atom. The number of phenolic OH excluding ortho intramolecular Hbond substituents is 1. The van der Waals surface area contributed by atoms with E-state index in [0.717, 1.165) is 30.1 Å². The van der Waals surface area contributed by atoms with E-state index in [-0.39, 0.29) is 17.6 Å². The van der Waals surface area contributed by atoms with E-state index >= 15 is 0 Å². The molecular weight excluding hydrogens is 470 g/mol. The standard InChI is InChI=1S/C34H43NO3/c36-29-17-20-33-31(25-29)34(32(26-38-33)27-13-7-6-8-14-27)28-15-18-30(19-16-28)37-24-12-5-3-1-2-4-9-21-35-22-10-11-23-35/h6-8,13-20,25,32,34,36H,1-5,9-12,21-24,26H2/t32-,34?/m1/s1. The van der Waals surface area contributed by atoms with Crippen LogP contribution in [0.4, 0.5) is 0 Å². The molecule has 3 aromatic carbocycles.